The van der Waals surface area contributed by atoms with Crippen molar-refractivity contribution in [1.82, 2.24) is 20.3 Å². The molecule has 0 saturated heterocycles. The zero-order valence-electron chi connectivity index (χ0n) is 13.7. The molecule has 8 heteroatoms. The average molecular weight is 364 g/mol. The first-order valence-corrected chi connectivity index (χ1v) is 9.70. The summed E-state index contributed by atoms with van der Waals surface area (Å²) in [5.41, 5.74) is 1.69. The van der Waals surface area contributed by atoms with Gasteiger partial charge in [-0.15, -0.1) is 11.3 Å². The van der Waals surface area contributed by atoms with Crippen molar-refractivity contribution in [3.05, 3.63) is 37.7 Å². The highest BCUT2D eigenvalue weighted by molar-refractivity contribution is 8.00. The van der Waals surface area contributed by atoms with Crippen LogP contribution in [0.5, 0.6) is 0 Å². The highest BCUT2D eigenvalue weighted by atomic mass is 32.2. The first-order chi connectivity index (χ1) is 11.5. The van der Waals surface area contributed by atoms with Crippen molar-refractivity contribution < 1.29 is 4.79 Å². The topological polar surface area (TPSA) is 87.7 Å². The van der Waals surface area contributed by atoms with Gasteiger partial charge in [-0.25, -0.2) is 9.97 Å². The summed E-state index contributed by atoms with van der Waals surface area (Å²) in [5, 5.41) is 4.18. The van der Waals surface area contributed by atoms with Crippen molar-refractivity contribution in [2.24, 2.45) is 0 Å². The predicted molar refractivity (Wildman–Crippen MR) is 95.8 cm³/mol. The SMILES string of the molecule is Cc1cc(=O)[nH]c(SC(C)C(=O)NCCc2nc3c(s2)CCC3)n1. The number of rotatable bonds is 6. The van der Waals surface area contributed by atoms with E-state index in [0.29, 0.717) is 17.4 Å². The molecule has 6 nitrogen and oxygen atoms in total. The van der Waals surface area contributed by atoms with Gasteiger partial charge in [0.2, 0.25) is 5.91 Å². The Hall–Kier alpha value is -1.67. The van der Waals surface area contributed by atoms with E-state index in [-0.39, 0.29) is 16.7 Å². The van der Waals surface area contributed by atoms with Gasteiger partial charge in [0.1, 0.15) is 0 Å². The smallest absolute Gasteiger partial charge is 0.251 e. The summed E-state index contributed by atoms with van der Waals surface area (Å²) < 4.78 is 0. The summed E-state index contributed by atoms with van der Waals surface area (Å²) in [4.78, 5) is 36.5. The van der Waals surface area contributed by atoms with Gasteiger partial charge in [-0.05, 0) is 33.1 Å². The van der Waals surface area contributed by atoms with Crippen LogP contribution in [0, 0.1) is 6.92 Å². The van der Waals surface area contributed by atoms with Crippen LogP contribution in [0.25, 0.3) is 0 Å². The Balaban J connectivity index is 1.47. The van der Waals surface area contributed by atoms with Crippen molar-refractivity contribution in [3.8, 4) is 0 Å². The second-order valence-electron chi connectivity index (χ2n) is 5.82. The zero-order chi connectivity index (χ0) is 17.1. The number of aromatic amines is 1. The van der Waals surface area contributed by atoms with Crippen LogP contribution in [0.1, 0.15) is 34.6 Å². The van der Waals surface area contributed by atoms with Crippen LogP contribution in [0.4, 0.5) is 0 Å². The Kier molecular flexibility index (Phi) is 5.35. The lowest BCUT2D eigenvalue weighted by Gasteiger charge is -2.11. The number of carbonyl (C=O) groups excluding carboxylic acids is 1. The third kappa shape index (κ3) is 4.24. The van der Waals surface area contributed by atoms with Gasteiger partial charge in [-0.3, -0.25) is 9.59 Å². The highest BCUT2D eigenvalue weighted by Gasteiger charge is 2.18. The van der Waals surface area contributed by atoms with E-state index in [1.807, 2.05) is 0 Å². The van der Waals surface area contributed by atoms with Gasteiger partial charge in [0.05, 0.1) is 16.0 Å². The maximum absolute atomic E-state index is 12.2. The predicted octanol–water partition coefficient (Wildman–Crippen LogP) is 1.86. The fraction of sp³-hybridized carbons (Fsp3) is 0.500. The summed E-state index contributed by atoms with van der Waals surface area (Å²) in [6, 6.07) is 1.43. The number of aryl methyl sites for hydroxylation is 3. The molecule has 0 fully saturated rings. The number of carbonyl (C=O) groups is 1. The number of nitrogens with one attached hydrogen (secondary N) is 2. The van der Waals surface area contributed by atoms with Crippen molar-refractivity contribution in [2.45, 2.75) is 49.9 Å². The molecule has 2 N–H and O–H groups in total. The van der Waals surface area contributed by atoms with E-state index < -0.39 is 0 Å². The summed E-state index contributed by atoms with van der Waals surface area (Å²) in [6.45, 7) is 4.14. The number of hydrogen-bond donors (Lipinski definition) is 2. The van der Waals surface area contributed by atoms with E-state index in [1.165, 1.54) is 34.8 Å². The Labute approximate surface area is 148 Å². The van der Waals surface area contributed by atoms with E-state index in [4.69, 9.17) is 0 Å². The summed E-state index contributed by atoms with van der Waals surface area (Å²) in [7, 11) is 0. The van der Waals surface area contributed by atoms with Crippen molar-refractivity contribution in [1.29, 1.82) is 0 Å². The van der Waals surface area contributed by atoms with E-state index in [0.717, 1.165) is 24.3 Å². The summed E-state index contributed by atoms with van der Waals surface area (Å²) >= 11 is 3.02. The van der Waals surface area contributed by atoms with Gasteiger partial charge < -0.3 is 10.3 Å². The first-order valence-electron chi connectivity index (χ1n) is 8.01. The molecule has 24 heavy (non-hydrogen) atoms. The number of thiazole rings is 1. The van der Waals surface area contributed by atoms with Crippen LogP contribution in [0.2, 0.25) is 0 Å². The van der Waals surface area contributed by atoms with Gasteiger partial charge in [-0.1, -0.05) is 11.8 Å². The number of nitrogens with zero attached hydrogens (tertiary/aromatic N) is 2. The monoisotopic (exact) mass is 364 g/mol. The Morgan fingerprint density at radius 3 is 3.04 bits per heavy atom. The highest BCUT2D eigenvalue weighted by Crippen LogP contribution is 2.27. The number of fused-ring (bicyclic) bond motifs is 1. The van der Waals surface area contributed by atoms with E-state index in [2.05, 4.69) is 20.3 Å². The molecule has 1 aliphatic rings. The largest absolute Gasteiger partial charge is 0.355 e. The second kappa shape index (κ2) is 7.48. The standard InChI is InChI=1S/C16H20N4O2S2/c1-9-8-13(21)20-16(18-9)23-10(2)15(22)17-7-6-14-19-11-4-3-5-12(11)24-14/h8,10H,3-7H2,1-2H3,(H,17,22)(H,18,20,21). The van der Waals surface area contributed by atoms with Crippen LogP contribution >= 0.6 is 23.1 Å². The molecule has 1 amide bonds. The van der Waals surface area contributed by atoms with Gasteiger partial charge in [0.25, 0.3) is 5.56 Å². The zero-order valence-corrected chi connectivity index (χ0v) is 15.4. The van der Waals surface area contributed by atoms with E-state index >= 15 is 0 Å². The van der Waals surface area contributed by atoms with Crippen LogP contribution < -0.4 is 10.9 Å². The number of H-pyrrole nitrogens is 1. The lowest BCUT2D eigenvalue weighted by atomic mass is 10.3. The number of aromatic nitrogens is 3. The van der Waals surface area contributed by atoms with E-state index in [1.54, 1.807) is 25.2 Å². The van der Waals surface area contributed by atoms with Crippen LogP contribution in [-0.2, 0) is 24.1 Å². The fourth-order valence-corrected chi connectivity index (χ4v) is 4.65. The van der Waals surface area contributed by atoms with E-state index in [9.17, 15) is 9.59 Å². The first kappa shape index (κ1) is 17.2. The molecule has 2 aromatic rings. The molecule has 0 aliphatic heterocycles. The molecule has 0 aromatic carbocycles. The molecule has 1 atom stereocenters. The lowest BCUT2D eigenvalue weighted by molar-refractivity contribution is -0.120. The van der Waals surface area contributed by atoms with Gasteiger partial charge >= 0.3 is 0 Å². The molecule has 128 valence electrons. The molecule has 3 rings (SSSR count). The maximum atomic E-state index is 12.2. The quantitative estimate of drug-likeness (QED) is 0.603. The Bertz CT molecular complexity index is 778. The minimum Gasteiger partial charge on any atom is -0.355 e. The second-order valence-corrected chi connectivity index (χ2v) is 8.32. The molecule has 1 unspecified atom stereocenters. The third-order valence-corrected chi connectivity index (χ3v) is 5.99. The fourth-order valence-electron chi connectivity index (χ4n) is 2.62. The molecule has 2 heterocycles. The number of thioether (sulfide) groups is 1. The van der Waals surface area contributed by atoms with Gasteiger partial charge in [-0.2, -0.15) is 0 Å². The maximum Gasteiger partial charge on any atom is 0.251 e. The molecule has 0 saturated carbocycles. The number of amides is 1. The molecule has 2 aromatic heterocycles. The summed E-state index contributed by atoms with van der Waals surface area (Å²) in [5.74, 6) is -0.0618. The molecule has 0 radical (unpaired) electrons. The molecular formula is C16H20N4O2S2. The van der Waals surface area contributed by atoms with Crippen molar-refractivity contribution >= 4 is 29.0 Å². The van der Waals surface area contributed by atoms with Gasteiger partial charge in [0.15, 0.2) is 5.16 Å². The average Bonchev–Trinajstić information content (AvgIpc) is 3.07. The van der Waals surface area contributed by atoms with Crippen molar-refractivity contribution in [2.75, 3.05) is 6.54 Å². The minimum atomic E-state index is -0.323. The van der Waals surface area contributed by atoms with Crippen LogP contribution in [0.3, 0.4) is 0 Å². The summed E-state index contributed by atoms with van der Waals surface area (Å²) in [6.07, 6.45) is 4.22. The number of hydrogen-bond acceptors (Lipinski definition) is 6. The molecule has 0 bridgehead atoms. The Morgan fingerprint density at radius 2 is 2.29 bits per heavy atom. The van der Waals surface area contributed by atoms with Crippen molar-refractivity contribution in [3.63, 3.8) is 0 Å². The Morgan fingerprint density at radius 1 is 1.46 bits per heavy atom. The van der Waals surface area contributed by atoms with Crippen LogP contribution in [-0.4, -0.2) is 32.7 Å². The minimum absolute atomic E-state index is 0.0618. The molecule has 0 spiro atoms. The lowest BCUT2D eigenvalue weighted by Crippen LogP contribution is -2.32. The normalized spacial score (nSPS) is 14.4. The van der Waals surface area contributed by atoms with Gasteiger partial charge in [0, 0.05) is 29.6 Å². The van der Waals surface area contributed by atoms with Crippen LogP contribution in [0.15, 0.2) is 16.0 Å². The third-order valence-electron chi connectivity index (χ3n) is 3.78. The molecular weight excluding hydrogens is 344 g/mol. The molecule has 1 aliphatic carbocycles.